The minimum atomic E-state index is -3.73. The van der Waals surface area contributed by atoms with Gasteiger partial charge in [0.2, 0.25) is 0 Å². The first kappa shape index (κ1) is 20.2. The Bertz CT molecular complexity index is 1170. The van der Waals surface area contributed by atoms with Gasteiger partial charge in [0.15, 0.2) is 0 Å². The van der Waals surface area contributed by atoms with Crippen LogP contribution in [0, 0.1) is 6.92 Å². The first-order valence-corrected chi connectivity index (χ1v) is 11.5. The number of nitrogens with one attached hydrogen (secondary N) is 2. The zero-order chi connectivity index (χ0) is 21.1. The lowest BCUT2D eigenvalue weighted by Crippen LogP contribution is -2.31. The Balaban J connectivity index is 1.48. The third-order valence-electron chi connectivity index (χ3n) is 5.49. The van der Waals surface area contributed by atoms with Crippen LogP contribution in [0.4, 0.5) is 5.69 Å². The molecule has 0 bridgehead atoms. The second-order valence-electron chi connectivity index (χ2n) is 7.56. The molecule has 1 amide bonds. The lowest BCUT2D eigenvalue weighted by molar-refractivity contribution is 0.0932. The Morgan fingerprint density at radius 3 is 2.40 bits per heavy atom. The molecule has 154 valence electrons. The van der Waals surface area contributed by atoms with Gasteiger partial charge < -0.3 is 5.32 Å². The van der Waals surface area contributed by atoms with Crippen molar-refractivity contribution in [3.8, 4) is 0 Å². The molecule has 6 heteroatoms. The fourth-order valence-corrected chi connectivity index (χ4v) is 4.95. The molecule has 0 aromatic heterocycles. The maximum absolute atomic E-state index is 12.7. The van der Waals surface area contributed by atoms with E-state index in [9.17, 15) is 13.2 Å². The number of rotatable bonds is 5. The molecular formula is C24H24N2O3S. The smallest absolute Gasteiger partial charge is 0.261 e. The monoisotopic (exact) mass is 420 g/mol. The van der Waals surface area contributed by atoms with E-state index in [1.54, 1.807) is 24.3 Å². The maximum Gasteiger partial charge on any atom is 0.261 e. The molecule has 0 unspecified atom stereocenters. The molecule has 3 aromatic rings. The summed E-state index contributed by atoms with van der Waals surface area (Å²) in [6.07, 6.45) is 2.96. The van der Waals surface area contributed by atoms with Crippen molar-refractivity contribution in [2.24, 2.45) is 0 Å². The van der Waals surface area contributed by atoms with E-state index in [1.807, 2.05) is 31.2 Å². The van der Waals surface area contributed by atoms with Crippen molar-refractivity contribution in [3.05, 3.63) is 95.1 Å². The Hall–Kier alpha value is -3.12. The molecule has 2 N–H and O–H groups in total. The van der Waals surface area contributed by atoms with Crippen LogP contribution in [0.3, 0.4) is 0 Å². The van der Waals surface area contributed by atoms with Crippen LogP contribution in [-0.2, 0) is 16.4 Å². The topological polar surface area (TPSA) is 75.3 Å². The van der Waals surface area contributed by atoms with Gasteiger partial charge in [-0.3, -0.25) is 9.52 Å². The summed E-state index contributed by atoms with van der Waals surface area (Å²) < 4.78 is 28.0. The molecule has 0 heterocycles. The summed E-state index contributed by atoms with van der Waals surface area (Å²) in [6.45, 7) is 1.84. The van der Waals surface area contributed by atoms with Gasteiger partial charge >= 0.3 is 0 Å². The molecule has 1 aliphatic carbocycles. The quantitative estimate of drug-likeness (QED) is 0.633. The second kappa shape index (κ2) is 8.32. The largest absolute Gasteiger partial charge is 0.345 e. The molecule has 0 fully saturated rings. The predicted molar refractivity (Wildman–Crippen MR) is 118 cm³/mol. The minimum Gasteiger partial charge on any atom is -0.345 e. The summed E-state index contributed by atoms with van der Waals surface area (Å²) in [6, 6.07) is 21.4. The van der Waals surface area contributed by atoms with Gasteiger partial charge in [0.05, 0.1) is 16.6 Å². The zero-order valence-electron chi connectivity index (χ0n) is 16.8. The van der Waals surface area contributed by atoms with Crippen molar-refractivity contribution >= 4 is 21.6 Å². The molecule has 1 aliphatic rings. The van der Waals surface area contributed by atoms with Crippen molar-refractivity contribution < 1.29 is 13.2 Å². The molecule has 5 nitrogen and oxygen atoms in total. The van der Waals surface area contributed by atoms with Gasteiger partial charge in [-0.05, 0) is 73.2 Å². The highest BCUT2D eigenvalue weighted by Gasteiger charge is 2.22. The molecule has 1 atom stereocenters. The molecule has 0 saturated carbocycles. The van der Waals surface area contributed by atoms with E-state index < -0.39 is 10.0 Å². The summed E-state index contributed by atoms with van der Waals surface area (Å²) in [7, 11) is -3.73. The SMILES string of the molecule is Cc1ccccc1NS(=O)(=O)c1ccc(C(=O)N[C@H]2CCCc3ccccc32)cc1. The van der Waals surface area contributed by atoms with Gasteiger partial charge in [-0.1, -0.05) is 42.5 Å². The Labute approximate surface area is 177 Å². The van der Waals surface area contributed by atoms with Gasteiger partial charge in [0.25, 0.3) is 15.9 Å². The normalized spacial score (nSPS) is 15.8. The highest BCUT2D eigenvalue weighted by molar-refractivity contribution is 7.92. The van der Waals surface area contributed by atoms with E-state index in [4.69, 9.17) is 0 Å². The zero-order valence-corrected chi connectivity index (χ0v) is 17.6. The predicted octanol–water partition coefficient (Wildman–Crippen LogP) is 4.60. The molecule has 0 saturated heterocycles. The number of para-hydroxylation sites is 1. The third kappa shape index (κ3) is 4.24. The van der Waals surface area contributed by atoms with Gasteiger partial charge in [-0.15, -0.1) is 0 Å². The van der Waals surface area contributed by atoms with Gasteiger partial charge in [0, 0.05) is 5.56 Å². The van der Waals surface area contributed by atoms with E-state index in [0.717, 1.165) is 24.8 Å². The van der Waals surface area contributed by atoms with Crippen molar-refractivity contribution in [3.63, 3.8) is 0 Å². The van der Waals surface area contributed by atoms with Gasteiger partial charge in [0.1, 0.15) is 0 Å². The van der Waals surface area contributed by atoms with E-state index in [1.165, 1.54) is 23.3 Å². The molecule has 30 heavy (non-hydrogen) atoms. The summed E-state index contributed by atoms with van der Waals surface area (Å²) in [5.74, 6) is -0.201. The average Bonchev–Trinajstić information content (AvgIpc) is 2.75. The van der Waals surface area contributed by atoms with Crippen molar-refractivity contribution in [1.29, 1.82) is 0 Å². The van der Waals surface area contributed by atoms with Crippen LogP contribution in [0.2, 0.25) is 0 Å². The van der Waals surface area contributed by atoms with E-state index in [2.05, 4.69) is 22.2 Å². The first-order valence-electron chi connectivity index (χ1n) is 10.0. The lowest BCUT2D eigenvalue weighted by atomic mass is 9.87. The van der Waals surface area contributed by atoms with Crippen LogP contribution < -0.4 is 10.0 Å². The third-order valence-corrected chi connectivity index (χ3v) is 6.87. The van der Waals surface area contributed by atoms with Crippen LogP contribution in [0.25, 0.3) is 0 Å². The summed E-state index contributed by atoms with van der Waals surface area (Å²) >= 11 is 0. The Kier molecular flexibility index (Phi) is 5.59. The van der Waals surface area contributed by atoms with Gasteiger partial charge in [-0.2, -0.15) is 0 Å². The van der Waals surface area contributed by atoms with Gasteiger partial charge in [-0.25, -0.2) is 8.42 Å². The molecule has 0 spiro atoms. The van der Waals surface area contributed by atoms with E-state index in [-0.39, 0.29) is 16.8 Å². The maximum atomic E-state index is 12.7. The number of aryl methyl sites for hydroxylation is 2. The Morgan fingerprint density at radius 2 is 1.63 bits per heavy atom. The van der Waals surface area contributed by atoms with Crippen LogP contribution in [-0.4, -0.2) is 14.3 Å². The number of fused-ring (bicyclic) bond motifs is 1. The summed E-state index contributed by atoms with van der Waals surface area (Å²) in [4.78, 5) is 12.9. The van der Waals surface area contributed by atoms with Crippen LogP contribution in [0.5, 0.6) is 0 Å². The lowest BCUT2D eigenvalue weighted by Gasteiger charge is -2.26. The molecule has 0 radical (unpaired) electrons. The number of amides is 1. The van der Waals surface area contributed by atoms with Crippen molar-refractivity contribution in [1.82, 2.24) is 5.32 Å². The highest BCUT2D eigenvalue weighted by Crippen LogP contribution is 2.29. The number of carbonyl (C=O) groups is 1. The summed E-state index contributed by atoms with van der Waals surface area (Å²) in [5.41, 5.74) is 4.25. The van der Waals surface area contributed by atoms with Crippen LogP contribution >= 0.6 is 0 Å². The van der Waals surface area contributed by atoms with E-state index >= 15 is 0 Å². The van der Waals surface area contributed by atoms with Crippen LogP contribution in [0.1, 0.15) is 45.9 Å². The Morgan fingerprint density at radius 1 is 0.933 bits per heavy atom. The average molecular weight is 421 g/mol. The first-order chi connectivity index (χ1) is 14.4. The number of sulfonamides is 1. The number of hydrogen-bond donors (Lipinski definition) is 2. The number of hydrogen-bond acceptors (Lipinski definition) is 3. The molecular weight excluding hydrogens is 396 g/mol. The van der Waals surface area contributed by atoms with Crippen LogP contribution in [0.15, 0.2) is 77.7 Å². The van der Waals surface area contributed by atoms with Crippen molar-refractivity contribution in [2.75, 3.05) is 4.72 Å². The fraction of sp³-hybridized carbons (Fsp3) is 0.208. The summed E-state index contributed by atoms with van der Waals surface area (Å²) in [5, 5.41) is 3.09. The van der Waals surface area contributed by atoms with Crippen molar-refractivity contribution in [2.45, 2.75) is 37.1 Å². The number of anilines is 1. The fourth-order valence-electron chi connectivity index (χ4n) is 3.82. The molecule has 4 rings (SSSR count). The number of carbonyl (C=O) groups excluding carboxylic acids is 1. The minimum absolute atomic E-state index is 0.0198. The van der Waals surface area contributed by atoms with E-state index in [0.29, 0.717) is 11.3 Å². The molecule has 3 aromatic carbocycles. The highest BCUT2D eigenvalue weighted by atomic mass is 32.2. The second-order valence-corrected chi connectivity index (χ2v) is 9.24. The number of benzene rings is 3. The standard InChI is InChI=1S/C24H24N2O3S/c1-17-7-2-5-11-22(17)26-30(28,29)20-15-13-19(14-16-20)24(27)25-23-12-6-9-18-8-3-4-10-21(18)23/h2-5,7-8,10-11,13-16,23,26H,6,9,12H2,1H3,(H,25,27)/t23-/m0/s1. The molecule has 0 aliphatic heterocycles.